The molecule has 0 radical (unpaired) electrons. The standard InChI is InChI=1S/C16H24O6S/c1-18-10-12-13(19-2)14(20-3)15(21-4)16(17,22-12)23-11-8-6-5-7-9-11/h5-9,12-15,17H,10H2,1-4H3/t12-,13+,14+,15-,16-/m1/s1. The Hall–Kier alpha value is -0.670. The minimum atomic E-state index is -1.62. The van der Waals surface area contributed by atoms with E-state index in [1.54, 1.807) is 21.3 Å². The Morgan fingerprint density at radius 2 is 1.70 bits per heavy atom. The van der Waals surface area contributed by atoms with E-state index in [9.17, 15) is 5.11 Å². The van der Waals surface area contributed by atoms with Gasteiger partial charge in [0.05, 0.1) is 6.61 Å². The first-order valence-electron chi connectivity index (χ1n) is 7.31. The van der Waals surface area contributed by atoms with Crippen LogP contribution in [-0.2, 0) is 23.7 Å². The molecule has 1 aliphatic heterocycles. The van der Waals surface area contributed by atoms with Crippen LogP contribution in [0.5, 0.6) is 0 Å². The molecule has 1 fully saturated rings. The number of aliphatic hydroxyl groups is 1. The van der Waals surface area contributed by atoms with Crippen molar-refractivity contribution >= 4 is 11.8 Å². The van der Waals surface area contributed by atoms with E-state index >= 15 is 0 Å². The van der Waals surface area contributed by atoms with Gasteiger partial charge in [-0.1, -0.05) is 30.0 Å². The molecule has 1 heterocycles. The molecule has 0 amide bonds. The summed E-state index contributed by atoms with van der Waals surface area (Å²) in [6.45, 7) is 0.270. The fourth-order valence-corrected chi connectivity index (χ4v) is 3.95. The molecule has 5 atom stereocenters. The molecule has 1 aliphatic rings. The first kappa shape index (κ1) is 18.7. The van der Waals surface area contributed by atoms with Gasteiger partial charge in [0.1, 0.15) is 18.3 Å². The predicted molar refractivity (Wildman–Crippen MR) is 86.4 cm³/mol. The summed E-state index contributed by atoms with van der Waals surface area (Å²) in [4.78, 5) is 0.860. The second kappa shape index (κ2) is 8.43. The van der Waals surface area contributed by atoms with Crippen LogP contribution in [0, 0.1) is 0 Å². The monoisotopic (exact) mass is 344 g/mol. The number of methoxy groups -OCH3 is 4. The number of thioether (sulfide) groups is 1. The summed E-state index contributed by atoms with van der Waals surface area (Å²) >= 11 is 1.18. The maximum absolute atomic E-state index is 11.1. The number of hydrogen-bond donors (Lipinski definition) is 1. The molecule has 0 saturated carbocycles. The maximum atomic E-state index is 11.1. The van der Waals surface area contributed by atoms with Crippen LogP contribution >= 0.6 is 11.8 Å². The molecular weight excluding hydrogens is 320 g/mol. The lowest BCUT2D eigenvalue weighted by molar-refractivity contribution is -0.317. The van der Waals surface area contributed by atoms with E-state index in [1.165, 1.54) is 18.9 Å². The molecule has 0 aliphatic carbocycles. The topological polar surface area (TPSA) is 66.4 Å². The van der Waals surface area contributed by atoms with Crippen LogP contribution in [0.25, 0.3) is 0 Å². The Bertz CT molecular complexity index is 473. The van der Waals surface area contributed by atoms with Gasteiger partial charge in [-0.3, -0.25) is 0 Å². The van der Waals surface area contributed by atoms with Gasteiger partial charge in [-0.15, -0.1) is 0 Å². The molecule has 0 aromatic heterocycles. The first-order chi connectivity index (χ1) is 11.1. The summed E-state index contributed by atoms with van der Waals surface area (Å²) in [7, 11) is 6.22. The number of ether oxygens (including phenoxy) is 5. The average Bonchev–Trinajstić information content (AvgIpc) is 2.55. The molecule has 0 spiro atoms. The first-order valence-corrected chi connectivity index (χ1v) is 8.12. The van der Waals surface area contributed by atoms with Crippen LogP contribution in [0.3, 0.4) is 0 Å². The highest BCUT2D eigenvalue weighted by Gasteiger charge is 2.56. The molecule has 1 N–H and O–H groups in total. The van der Waals surface area contributed by atoms with Crippen LogP contribution in [-0.4, -0.2) is 69.7 Å². The van der Waals surface area contributed by atoms with Crippen molar-refractivity contribution in [2.24, 2.45) is 0 Å². The van der Waals surface area contributed by atoms with E-state index in [2.05, 4.69) is 0 Å². The van der Waals surface area contributed by atoms with Crippen LogP contribution in [0.1, 0.15) is 0 Å². The van der Waals surface area contributed by atoms with Crippen LogP contribution in [0.15, 0.2) is 35.2 Å². The van der Waals surface area contributed by atoms with Crippen molar-refractivity contribution in [2.75, 3.05) is 35.0 Å². The van der Waals surface area contributed by atoms with Gasteiger partial charge in [-0.2, -0.15) is 0 Å². The van der Waals surface area contributed by atoms with E-state index in [4.69, 9.17) is 23.7 Å². The van der Waals surface area contributed by atoms with Crippen molar-refractivity contribution in [3.8, 4) is 0 Å². The Labute approximate surface area is 141 Å². The van der Waals surface area contributed by atoms with Crippen molar-refractivity contribution in [1.29, 1.82) is 0 Å². The fourth-order valence-electron chi connectivity index (χ4n) is 2.80. The Morgan fingerprint density at radius 3 is 2.22 bits per heavy atom. The number of rotatable bonds is 7. The molecule has 23 heavy (non-hydrogen) atoms. The lowest BCUT2D eigenvalue weighted by Crippen LogP contribution is -2.65. The molecule has 130 valence electrons. The Morgan fingerprint density at radius 1 is 1.04 bits per heavy atom. The molecule has 0 unspecified atom stereocenters. The average molecular weight is 344 g/mol. The Balaban J connectivity index is 2.31. The van der Waals surface area contributed by atoms with E-state index in [0.717, 1.165) is 4.90 Å². The zero-order chi connectivity index (χ0) is 16.9. The minimum absolute atomic E-state index is 0.270. The molecular formula is C16H24O6S. The molecule has 6 nitrogen and oxygen atoms in total. The minimum Gasteiger partial charge on any atom is -0.382 e. The highest BCUT2D eigenvalue weighted by Crippen LogP contribution is 2.43. The van der Waals surface area contributed by atoms with Crippen molar-refractivity contribution in [3.63, 3.8) is 0 Å². The lowest BCUT2D eigenvalue weighted by Gasteiger charge is -2.48. The third kappa shape index (κ3) is 4.06. The Kier molecular flexibility index (Phi) is 6.84. The molecule has 2 rings (SSSR count). The van der Waals surface area contributed by atoms with Crippen molar-refractivity contribution < 1.29 is 28.8 Å². The summed E-state index contributed by atoms with van der Waals surface area (Å²) in [5.41, 5.74) is 0. The summed E-state index contributed by atoms with van der Waals surface area (Å²) in [6, 6.07) is 9.50. The van der Waals surface area contributed by atoms with Gasteiger partial charge < -0.3 is 28.8 Å². The second-order valence-corrected chi connectivity index (χ2v) is 6.47. The van der Waals surface area contributed by atoms with E-state index < -0.39 is 29.5 Å². The number of hydrogen-bond acceptors (Lipinski definition) is 7. The second-order valence-electron chi connectivity index (χ2n) is 5.21. The number of benzene rings is 1. The zero-order valence-corrected chi connectivity index (χ0v) is 14.6. The molecule has 1 aromatic carbocycles. The smallest absolute Gasteiger partial charge is 0.250 e. The summed E-state index contributed by atoms with van der Waals surface area (Å²) in [5, 5.41) is 9.50. The van der Waals surface area contributed by atoms with Gasteiger partial charge in [0.2, 0.25) is 0 Å². The summed E-state index contributed by atoms with van der Waals surface area (Å²) in [6.07, 6.45) is -2.13. The molecule has 7 heteroatoms. The highest BCUT2D eigenvalue weighted by molar-refractivity contribution is 8.00. The van der Waals surface area contributed by atoms with E-state index in [-0.39, 0.29) is 6.61 Å². The van der Waals surface area contributed by atoms with Gasteiger partial charge in [-0.25, -0.2) is 0 Å². The zero-order valence-electron chi connectivity index (χ0n) is 13.8. The molecule has 1 aromatic rings. The van der Waals surface area contributed by atoms with Gasteiger partial charge in [0, 0.05) is 33.3 Å². The van der Waals surface area contributed by atoms with Crippen molar-refractivity contribution in [1.82, 2.24) is 0 Å². The van der Waals surface area contributed by atoms with E-state index in [1.807, 2.05) is 30.3 Å². The van der Waals surface area contributed by atoms with Gasteiger partial charge in [0.25, 0.3) is 5.12 Å². The molecule has 1 saturated heterocycles. The quantitative estimate of drug-likeness (QED) is 0.752. The van der Waals surface area contributed by atoms with Gasteiger partial charge in [0.15, 0.2) is 6.10 Å². The predicted octanol–water partition coefficient (Wildman–Crippen LogP) is 1.51. The normalized spacial score (nSPS) is 34.5. The van der Waals surface area contributed by atoms with Crippen LogP contribution < -0.4 is 0 Å². The van der Waals surface area contributed by atoms with Gasteiger partial charge in [-0.05, 0) is 12.1 Å². The van der Waals surface area contributed by atoms with Crippen LogP contribution in [0.2, 0.25) is 0 Å². The third-order valence-electron chi connectivity index (χ3n) is 3.80. The highest BCUT2D eigenvalue weighted by atomic mass is 32.2. The van der Waals surface area contributed by atoms with Crippen LogP contribution in [0.4, 0.5) is 0 Å². The lowest BCUT2D eigenvalue weighted by atomic mass is 9.98. The van der Waals surface area contributed by atoms with Gasteiger partial charge >= 0.3 is 0 Å². The summed E-state index contributed by atoms with van der Waals surface area (Å²) < 4.78 is 27.7. The third-order valence-corrected chi connectivity index (χ3v) is 4.93. The largest absolute Gasteiger partial charge is 0.382 e. The van der Waals surface area contributed by atoms with E-state index in [0.29, 0.717) is 0 Å². The maximum Gasteiger partial charge on any atom is 0.250 e. The van der Waals surface area contributed by atoms with Crippen molar-refractivity contribution in [3.05, 3.63) is 30.3 Å². The fraction of sp³-hybridized carbons (Fsp3) is 0.625. The molecule has 0 bridgehead atoms. The van der Waals surface area contributed by atoms with Crippen molar-refractivity contribution in [2.45, 2.75) is 34.4 Å². The summed E-state index contributed by atoms with van der Waals surface area (Å²) in [5.74, 6) is 0. The SMILES string of the molecule is COC[C@H]1O[C@@](O)(Sc2ccccc2)[C@H](OC)[C@@H](OC)[C@H]1OC.